The second-order valence-electron chi connectivity index (χ2n) is 20.0. The topological polar surface area (TPSA) is 196 Å². The van der Waals surface area contributed by atoms with Crippen molar-refractivity contribution in [3.8, 4) is 0 Å². The second kappa shape index (κ2) is 97.7. The monoisotopic (exact) mass is 1240 g/mol. The van der Waals surface area contributed by atoms with Gasteiger partial charge in [0.1, 0.15) is 31.3 Å². The van der Waals surface area contributed by atoms with Gasteiger partial charge in [-0.2, -0.15) is 10.1 Å². The molecule has 7 aromatic heterocycles. The number of aromatic amines is 1. The summed E-state index contributed by atoms with van der Waals surface area (Å²) in [6.45, 7) is 77.6. The van der Waals surface area contributed by atoms with E-state index in [1.807, 2.05) is 153 Å². The maximum Gasteiger partial charge on any atom is 0.229 e. The Balaban J connectivity index is -0.0000000672. The van der Waals surface area contributed by atoms with Gasteiger partial charge in [0.05, 0.1) is 36.1 Å². The molecule has 0 atom stereocenters. The van der Waals surface area contributed by atoms with Crippen molar-refractivity contribution >= 4 is 34.8 Å². The molecule has 0 bridgehead atoms. The first-order valence-electron chi connectivity index (χ1n) is 31.2. The van der Waals surface area contributed by atoms with Crippen LogP contribution in [0.2, 0.25) is 0 Å². The first-order valence-corrected chi connectivity index (χ1v) is 33.0. The lowest BCUT2D eigenvalue weighted by molar-refractivity contribution is 0.362. The van der Waals surface area contributed by atoms with Crippen LogP contribution in [0.5, 0.6) is 0 Å². The molecule has 0 unspecified atom stereocenters. The molecule has 8 rings (SSSR count). The molecule has 7 aromatic rings. The Bertz CT molecular complexity index is 1640. The van der Waals surface area contributed by atoms with Crippen LogP contribution in [-0.4, -0.2) is 63.4 Å². The van der Waals surface area contributed by atoms with Crippen LogP contribution in [0, 0.1) is 41.9 Å². The molecule has 17 heteroatoms. The number of aromatic nitrogens is 9. The molecule has 0 aliphatic carbocycles. The fourth-order valence-electron chi connectivity index (χ4n) is 2.60. The van der Waals surface area contributed by atoms with Gasteiger partial charge in [0, 0.05) is 41.2 Å². The standard InChI is InChI=1S/C6H10N2O.C6H10N2.C5H9N3.C5H12.C4H4O.4C4H10.2C3H3NO.2C3H3NS.7C2H6/c1-4(2)6-7-5(3)8-9-6;1-5(2)6-3-7-4-8-6;1-4(2)5-6-3-7-8-5;1-5(2,3)4;1-2-4-5-3-1;4*1-4(2)3;1-2-5-3-4-1;1-2-4-5-3-1;1-2-5-3-4-1;1-2-4-5-3-1;7*1-2/h4H,1-3H3;3,5H,4H2,1-2H3;3-4H,1-2H3,(H,6,7,8);1-4H3;1-4H;4*4H,1-3H3;4*1-3H;7*1-2H3. The quantitative estimate of drug-likeness (QED) is 0.176. The van der Waals surface area contributed by atoms with E-state index >= 15 is 0 Å². The molecule has 0 saturated heterocycles. The van der Waals surface area contributed by atoms with Gasteiger partial charge < -0.3 is 17.9 Å². The van der Waals surface area contributed by atoms with E-state index in [0.29, 0.717) is 41.6 Å². The molecular weight excluding hydrogens is 1100 g/mol. The van der Waals surface area contributed by atoms with Gasteiger partial charge in [-0.15, -0.1) is 11.3 Å². The van der Waals surface area contributed by atoms with Crippen LogP contribution >= 0.6 is 22.9 Å². The van der Waals surface area contributed by atoms with Crippen molar-refractivity contribution in [3.05, 3.63) is 121 Å². The number of furan rings is 1. The van der Waals surface area contributed by atoms with Crippen LogP contribution in [0.15, 0.2) is 131 Å². The van der Waals surface area contributed by atoms with Gasteiger partial charge in [-0.25, -0.2) is 14.3 Å². The molecule has 1 aliphatic heterocycles. The average molecular weight is 1240 g/mol. The Morgan fingerprint density at radius 3 is 1.14 bits per heavy atom. The first-order chi connectivity index (χ1) is 40.2. The molecule has 8 heterocycles. The molecule has 502 valence electrons. The minimum atomic E-state index is 0.339. The molecule has 0 saturated carbocycles. The number of H-pyrrole nitrogens is 1. The highest BCUT2D eigenvalue weighted by atomic mass is 32.1. The van der Waals surface area contributed by atoms with E-state index in [4.69, 9.17) is 4.52 Å². The second-order valence-corrected chi connectivity index (χ2v) is 21.4. The number of nitrogens with one attached hydrogen (secondary N) is 1. The SMILES string of the molecule is CC.CC.CC.CC.CC.CC.CC.CC(C)(C)C.CC(C)C.CC(C)C.CC(C)C.CC(C)C.CC(C)C1=NCN=C1.CC(C)c1ncn[nH]1.Cc1noc(C(C)C)n1.c1ccoc1.c1cnoc1.c1cnsc1.c1cocn1.c1cscn1. The summed E-state index contributed by atoms with van der Waals surface area (Å²) >= 11 is 3.06. The largest absolute Gasteiger partial charge is 0.473 e. The third kappa shape index (κ3) is 155. The third-order valence-electron chi connectivity index (χ3n) is 4.98. The number of aryl methyl sites for hydroxylation is 1. The minimum absolute atomic E-state index is 0.339. The lowest BCUT2D eigenvalue weighted by Crippen LogP contribution is -2.05. The van der Waals surface area contributed by atoms with Gasteiger partial charge in [-0.1, -0.05) is 260 Å². The number of rotatable bonds is 3. The van der Waals surface area contributed by atoms with Crippen molar-refractivity contribution in [2.24, 2.45) is 45.0 Å². The van der Waals surface area contributed by atoms with E-state index in [-0.39, 0.29) is 0 Å². The number of nitrogens with zero attached hydrogens (tertiary/aromatic N) is 10. The normalized spacial score (nSPS) is 9.01. The Hall–Kier alpha value is -5.42. The van der Waals surface area contributed by atoms with Gasteiger partial charge in [-0.3, -0.25) is 20.1 Å². The Morgan fingerprint density at radius 2 is 1.01 bits per heavy atom. The van der Waals surface area contributed by atoms with E-state index in [0.717, 1.165) is 35.2 Å². The van der Waals surface area contributed by atoms with E-state index in [1.165, 1.54) is 36.8 Å². The average Bonchev–Trinajstić information content (AvgIpc) is 4.32. The van der Waals surface area contributed by atoms with Gasteiger partial charge in [0.2, 0.25) is 5.89 Å². The van der Waals surface area contributed by atoms with Crippen molar-refractivity contribution < 1.29 is 17.9 Å². The molecule has 1 aliphatic rings. The fourth-order valence-corrected chi connectivity index (χ4v) is 3.30. The number of hydrogen-bond acceptors (Lipinski definition) is 16. The maximum atomic E-state index is 4.86. The number of aliphatic imine (C=N–C) groups is 2. The molecule has 0 fully saturated rings. The minimum Gasteiger partial charge on any atom is -0.473 e. The highest BCUT2D eigenvalue weighted by Crippen LogP contribution is 2.10. The molecule has 15 nitrogen and oxygen atoms in total. The Morgan fingerprint density at radius 1 is 0.529 bits per heavy atom. The van der Waals surface area contributed by atoms with Crippen LogP contribution in [0.3, 0.4) is 0 Å². The van der Waals surface area contributed by atoms with Crippen LogP contribution in [0.25, 0.3) is 0 Å². The lowest BCUT2D eigenvalue weighted by Gasteiger charge is -2.05. The molecule has 85 heavy (non-hydrogen) atoms. The number of thiazole rings is 1. The zero-order chi connectivity index (χ0) is 69.3. The molecular formula is C68H139N11O4S2. The van der Waals surface area contributed by atoms with E-state index in [1.54, 1.807) is 60.2 Å². The van der Waals surface area contributed by atoms with E-state index < -0.39 is 0 Å². The molecule has 0 aromatic carbocycles. The Labute approximate surface area is 535 Å². The maximum absolute atomic E-state index is 4.86. The molecule has 1 N–H and O–H groups in total. The number of hydrogen-bond donors (Lipinski definition) is 1. The summed E-state index contributed by atoms with van der Waals surface area (Å²) < 4.78 is 22.0. The predicted octanol–water partition coefficient (Wildman–Crippen LogP) is 24.4. The zero-order valence-electron chi connectivity index (χ0n) is 62.1. The van der Waals surface area contributed by atoms with Crippen LogP contribution in [-0.2, 0) is 0 Å². The summed E-state index contributed by atoms with van der Waals surface area (Å²) in [4.78, 5) is 23.4. The lowest BCUT2D eigenvalue weighted by atomic mass is 10.0. The Kier molecular flexibility index (Phi) is 124. The highest BCUT2D eigenvalue weighted by Gasteiger charge is 2.05. The summed E-state index contributed by atoms with van der Waals surface area (Å²) in [7, 11) is 0. The number of oxazole rings is 1. The predicted molar refractivity (Wildman–Crippen MR) is 382 cm³/mol. The van der Waals surface area contributed by atoms with E-state index in [2.05, 4.69) is 207 Å². The van der Waals surface area contributed by atoms with Crippen LogP contribution in [0.1, 0.15) is 279 Å². The molecule has 0 amide bonds. The summed E-state index contributed by atoms with van der Waals surface area (Å²) in [5.74, 6) is 7.04. The molecule has 0 spiro atoms. The van der Waals surface area contributed by atoms with Crippen molar-refractivity contribution in [1.29, 1.82) is 0 Å². The van der Waals surface area contributed by atoms with Crippen LogP contribution in [0.4, 0.5) is 0 Å². The van der Waals surface area contributed by atoms with Crippen molar-refractivity contribution in [2.75, 3.05) is 6.67 Å². The fraction of sp³-hybridized carbons (Fsp3) is 0.676. The third-order valence-corrected chi connectivity index (χ3v) is 6.03. The van der Waals surface area contributed by atoms with Gasteiger partial charge >= 0.3 is 0 Å². The summed E-state index contributed by atoms with van der Waals surface area (Å²) in [5, 5.41) is 17.3. The smallest absolute Gasteiger partial charge is 0.229 e. The zero-order valence-corrected chi connectivity index (χ0v) is 63.7. The first kappa shape index (κ1) is 108. The van der Waals surface area contributed by atoms with Gasteiger partial charge in [-0.05, 0) is 77.7 Å². The summed E-state index contributed by atoms with van der Waals surface area (Å²) in [5.41, 5.74) is 3.42. The van der Waals surface area contributed by atoms with Crippen molar-refractivity contribution in [2.45, 2.75) is 268 Å². The summed E-state index contributed by atoms with van der Waals surface area (Å²) in [6, 6.07) is 7.30. The summed E-state index contributed by atoms with van der Waals surface area (Å²) in [6.07, 6.45) is 17.7. The van der Waals surface area contributed by atoms with Crippen molar-refractivity contribution in [1.82, 2.24) is 44.8 Å². The highest BCUT2D eigenvalue weighted by molar-refractivity contribution is 7.07. The van der Waals surface area contributed by atoms with Crippen LogP contribution < -0.4 is 0 Å². The van der Waals surface area contributed by atoms with Crippen molar-refractivity contribution in [3.63, 3.8) is 0 Å². The van der Waals surface area contributed by atoms with Gasteiger partial charge in [0.15, 0.2) is 12.2 Å². The molecule has 0 radical (unpaired) electrons. The van der Waals surface area contributed by atoms with E-state index in [9.17, 15) is 0 Å². The van der Waals surface area contributed by atoms with Gasteiger partial charge in [0.25, 0.3) is 0 Å².